The number of benzene rings is 1. The van der Waals surface area contributed by atoms with E-state index in [9.17, 15) is 0 Å². The summed E-state index contributed by atoms with van der Waals surface area (Å²) in [6, 6.07) is 6.13. The zero-order valence-electron chi connectivity index (χ0n) is 8.49. The number of nitrogens with zero attached hydrogens (tertiary/aromatic N) is 1. The second-order valence-electron chi connectivity index (χ2n) is 3.83. The lowest BCUT2D eigenvalue weighted by molar-refractivity contribution is -0.202. The van der Waals surface area contributed by atoms with E-state index in [0.29, 0.717) is 13.2 Å². The number of hydrogen-bond donors (Lipinski definition) is 1. The van der Waals surface area contributed by atoms with E-state index in [1.54, 1.807) is 13.4 Å². The number of rotatable bonds is 2. The molecule has 78 valence electrons. The van der Waals surface area contributed by atoms with Crippen LogP contribution in [0, 0.1) is 0 Å². The quantitative estimate of drug-likeness (QED) is 0.805. The number of H-pyrrole nitrogens is 1. The molecule has 0 unspecified atom stereocenters. The number of imidazole rings is 1. The van der Waals surface area contributed by atoms with Crippen LogP contribution in [0.3, 0.4) is 0 Å². The third-order valence-electron chi connectivity index (χ3n) is 3.01. The Balaban J connectivity index is 2.10. The van der Waals surface area contributed by atoms with Crippen LogP contribution in [0.4, 0.5) is 0 Å². The first-order valence-corrected chi connectivity index (χ1v) is 4.91. The fourth-order valence-corrected chi connectivity index (χ4v) is 1.91. The number of aromatic nitrogens is 2. The summed E-state index contributed by atoms with van der Waals surface area (Å²) in [4.78, 5) is 7.28. The lowest BCUT2D eigenvalue weighted by Gasteiger charge is -2.40. The van der Waals surface area contributed by atoms with Crippen LogP contribution in [0.15, 0.2) is 24.5 Å². The summed E-state index contributed by atoms with van der Waals surface area (Å²) >= 11 is 0. The summed E-state index contributed by atoms with van der Waals surface area (Å²) in [7, 11) is 1.72. The van der Waals surface area contributed by atoms with E-state index in [1.807, 2.05) is 6.07 Å². The smallest absolute Gasteiger partial charge is 0.139 e. The minimum absolute atomic E-state index is 0.251. The summed E-state index contributed by atoms with van der Waals surface area (Å²) in [5.41, 5.74) is 2.91. The van der Waals surface area contributed by atoms with E-state index in [-0.39, 0.29) is 5.60 Å². The molecule has 1 fully saturated rings. The average molecular weight is 204 g/mol. The van der Waals surface area contributed by atoms with Crippen molar-refractivity contribution >= 4 is 11.0 Å². The van der Waals surface area contributed by atoms with Crippen LogP contribution in [0.1, 0.15) is 5.56 Å². The molecule has 2 heterocycles. The molecule has 15 heavy (non-hydrogen) atoms. The van der Waals surface area contributed by atoms with Gasteiger partial charge in [-0.2, -0.15) is 0 Å². The van der Waals surface area contributed by atoms with Gasteiger partial charge in [0.2, 0.25) is 0 Å². The van der Waals surface area contributed by atoms with E-state index >= 15 is 0 Å². The van der Waals surface area contributed by atoms with Crippen molar-refractivity contribution in [1.82, 2.24) is 9.97 Å². The number of hydrogen-bond acceptors (Lipinski definition) is 3. The average Bonchev–Trinajstić information content (AvgIpc) is 2.64. The van der Waals surface area contributed by atoms with Gasteiger partial charge in [0.1, 0.15) is 5.60 Å². The van der Waals surface area contributed by atoms with Crippen molar-refractivity contribution in [1.29, 1.82) is 0 Å². The van der Waals surface area contributed by atoms with Crippen LogP contribution in [0.25, 0.3) is 11.0 Å². The highest BCUT2D eigenvalue weighted by molar-refractivity contribution is 5.75. The Kier molecular flexibility index (Phi) is 1.81. The molecule has 0 bridgehead atoms. The standard InChI is InChI=1S/C11H12N2O2/c1-14-11(5-15-6-11)8-2-3-9-10(4-8)13-7-12-9/h2-4,7H,5-6H2,1H3,(H,12,13). The van der Waals surface area contributed by atoms with Crippen molar-refractivity contribution in [3.63, 3.8) is 0 Å². The Hall–Kier alpha value is -1.39. The molecule has 2 aromatic rings. The van der Waals surface area contributed by atoms with Crippen LogP contribution < -0.4 is 0 Å². The summed E-state index contributed by atoms with van der Waals surface area (Å²) in [5.74, 6) is 0. The number of nitrogens with one attached hydrogen (secondary N) is 1. The molecule has 0 atom stereocenters. The highest BCUT2D eigenvalue weighted by Gasteiger charge is 2.40. The highest BCUT2D eigenvalue weighted by Crippen LogP contribution is 2.33. The van der Waals surface area contributed by atoms with E-state index in [0.717, 1.165) is 16.6 Å². The lowest BCUT2D eigenvalue weighted by Crippen LogP contribution is -2.48. The van der Waals surface area contributed by atoms with Gasteiger partial charge in [0, 0.05) is 7.11 Å². The van der Waals surface area contributed by atoms with Gasteiger partial charge in [0.15, 0.2) is 0 Å². The zero-order chi connectivity index (χ0) is 10.3. The fraction of sp³-hybridized carbons (Fsp3) is 0.364. The zero-order valence-corrected chi connectivity index (χ0v) is 8.49. The largest absolute Gasteiger partial charge is 0.375 e. The van der Waals surface area contributed by atoms with Gasteiger partial charge in [-0.1, -0.05) is 6.07 Å². The number of ether oxygens (including phenoxy) is 2. The summed E-state index contributed by atoms with van der Waals surface area (Å²) in [5, 5.41) is 0. The van der Waals surface area contributed by atoms with Gasteiger partial charge in [-0.05, 0) is 17.7 Å². The first-order valence-electron chi connectivity index (χ1n) is 4.91. The van der Waals surface area contributed by atoms with Gasteiger partial charge in [0.05, 0.1) is 30.6 Å². The second-order valence-corrected chi connectivity index (χ2v) is 3.83. The van der Waals surface area contributed by atoms with E-state index in [1.165, 1.54) is 0 Å². The third kappa shape index (κ3) is 1.19. The molecule has 1 aliphatic rings. The Morgan fingerprint density at radius 1 is 1.47 bits per heavy atom. The molecule has 1 aromatic carbocycles. The molecule has 4 nitrogen and oxygen atoms in total. The van der Waals surface area contributed by atoms with Crippen LogP contribution in [-0.4, -0.2) is 30.3 Å². The highest BCUT2D eigenvalue weighted by atomic mass is 16.6. The van der Waals surface area contributed by atoms with Crippen molar-refractivity contribution in [2.75, 3.05) is 20.3 Å². The normalized spacial score (nSPS) is 19.0. The van der Waals surface area contributed by atoms with Gasteiger partial charge < -0.3 is 14.5 Å². The molecule has 1 aromatic heterocycles. The molecule has 3 rings (SSSR count). The fourth-order valence-electron chi connectivity index (χ4n) is 1.91. The molecule has 0 spiro atoms. The SMILES string of the molecule is COC1(c2ccc3nc[nH]c3c2)COC1. The Morgan fingerprint density at radius 2 is 2.33 bits per heavy atom. The second kappa shape index (κ2) is 3.05. The molecule has 4 heteroatoms. The predicted octanol–water partition coefficient (Wildman–Crippen LogP) is 1.43. The first-order chi connectivity index (χ1) is 7.34. The molecule has 1 aliphatic heterocycles. The molecule has 1 saturated heterocycles. The predicted molar refractivity (Wildman–Crippen MR) is 55.6 cm³/mol. The van der Waals surface area contributed by atoms with Crippen LogP contribution in [0.5, 0.6) is 0 Å². The van der Waals surface area contributed by atoms with Gasteiger partial charge in [-0.3, -0.25) is 0 Å². The molecular formula is C11H12N2O2. The topological polar surface area (TPSA) is 47.1 Å². The molecule has 0 amide bonds. The molecule has 1 N–H and O–H groups in total. The van der Waals surface area contributed by atoms with Gasteiger partial charge in [-0.15, -0.1) is 0 Å². The van der Waals surface area contributed by atoms with Crippen LogP contribution >= 0.6 is 0 Å². The van der Waals surface area contributed by atoms with Crippen molar-refractivity contribution in [2.45, 2.75) is 5.60 Å². The first kappa shape index (κ1) is 8.88. The van der Waals surface area contributed by atoms with E-state index < -0.39 is 0 Å². The molecule has 0 aliphatic carbocycles. The summed E-state index contributed by atoms with van der Waals surface area (Å²) in [6.07, 6.45) is 1.70. The Bertz CT molecular complexity index is 483. The molecule has 0 radical (unpaired) electrons. The minimum Gasteiger partial charge on any atom is -0.375 e. The Labute approximate surface area is 87.2 Å². The monoisotopic (exact) mass is 204 g/mol. The van der Waals surface area contributed by atoms with E-state index in [4.69, 9.17) is 9.47 Å². The maximum Gasteiger partial charge on any atom is 0.139 e. The van der Waals surface area contributed by atoms with Crippen molar-refractivity contribution in [3.8, 4) is 0 Å². The molecular weight excluding hydrogens is 192 g/mol. The van der Waals surface area contributed by atoms with Crippen molar-refractivity contribution < 1.29 is 9.47 Å². The third-order valence-corrected chi connectivity index (χ3v) is 3.01. The van der Waals surface area contributed by atoms with Crippen molar-refractivity contribution in [3.05, 3.63) is 30.1 Å². The van der Waals surface area contributed by atoms with Gasteiger partial charge >= 0.3 is 0 Å². The maximum absolute atomic E-state index is 5.53. The number of methoxy groups -OCH3 is 1. The summed E-state index contributed by atoms with van der Waals surface area (Å²) in [6.45, 7) is 1.26. The van der Waals surface area contributed by atoms with Gasteiger partial charge in [-0.25, -0.2) is 4.98 Å². The number of fused-ring (bicyclic) bond motifs is 1. The van der Waals surface area contributed by atoms with Crippen LogP contribution in [-0.2, 0) is 15.1 Å². The number of aromatic amines is 1. The van der Waals surface area contributed by atoms with Gasteiger partial charge in [0.25, 0.3) is 0 Å². The minimum atomic E-state index is -0.251. The lowest BCUT2D eigenvalue weighted by atomic mass is 9.91. The Morgan fingerprint density at radius 3 is 3.00 bits per heavy atom. The maximum atomic E-state index is 5.53. The van der Waals surface area contributed by atoms with Crippen LogP contribution in [0.2, 0.25) is 0 Å². The van der Waals surface area contributed by atoms with Crippen molar-refractivity contribution in [2.24, 2.45) is 0 Å². The molecule has 0 saturated carbocycles. The van der Waals surface area contributed by atoms with E-state index in [2.05, 4.69) is 22.1 Å². The summed E-state index contributed by atoms with van der Waals surface area (Å²) < 4.78 is 10.8.